The lowest BCUT2D eigenvalue weighted by Crippen LogP contribution is -2.32. The lowest BCUT2D eigenvalue weighted by atomic mass is 10.1. The van der Waals surface area contributed by atoms with Gasteiger partial charge in [-0.05, 0) is 37.1 Å². The highest BCUT2D eigenvalue weighted by molar-refractivity contribution is 5.31. The van der Waals surface area contributed by atoms with Crippen molar-refractivity contribution >= 4 is 0 Å². The van der Waals surface area contributed by atoms with E-state index in [1.54, 1.807) is 12.1 Å². The van der Waals surface area contributed by atoms with Crippen molar-refractivity contribution in [1.82, 2.24) is 10.6 Å². The highest BCUT2D eigenvalue weighted by Gasteiger charge is 1.89. The van der Waals surface area contributed by atoms with E-state index < -0.39 is 0 Å². The standard InChI is InChI=1S/C8H10O.C6H18N4/c1-6-3-7(2)5-8(9)4-6;7-1-3-9-5-6-10-4-2-8/h3-5,9H,1-2H3;9-10H,1-8H2. The summed E-state index contributed by atoms with van der Waals surface area (Å²) in [5.74, 6) is 0.354. The third-order valence-electron chi connectivity index (χ3n) is 2.33. The first-order valence-corrected chi connectivity index (χ1v) is 6.69. The minimum absolute atomic E-state index is 0.354. The van der Waals surface area contributed by atoms with Crippen molar-refractivity contribution in [3.63, 3.8) is 0 Å². The van der Waals surface area contributed by atoms with E-state index >= 15 is 0 Å². The zero-order chi connectivity index (χ0) is 14.5. The lowest BCUT2D eigenvalue weighted by molar-refractivity contribution is 0.474. The third-order valence-corrected chi connectivity index (χ3v) is 2.33. The largest absolute Gasteiger partial charge is 0.508 e. The Morgan fingerprint density at radius 3 is 1.58 bits per heavy atom. The minimum atomic E-state index is 0.354. The molecule has 1 rings (SSSR count). The fourth-order valence-corrected chi connectivity index (χ4v) is 1.58. The zero-order valence-electron chi connectivity index (χ0n) is 12.1. The van der Waals surface area contributed by atoms with Gasteiger partial charge < -0.3 is 27.2 Å². The van der Waals surface area contributed by atoms with Crippen molar-refractivity contribution < 1.29 is 5.11 Å². The highest BCUT2D eigenvalue weighted by atomic mass is 16.3. The molecule has 0 fully saturated rings. The van der Waals surface area contributed by atoms with E-state index in [-0.39, 0.29) is 0 Å². The summed E-state index contributed by atoms with van der Waals surface area (Å²) in [6, 6.07) is 5.51. The molecule has 0 bridgehead atoms. The van der Waals surface area contributed by atoms with Crippen molar-refractivity contribution in [1.29, 1.82) is 0 Å². The molecule has 0 aliphatic rings. The molecule has 0 radical (unpaired) electrons. The van der Waals surface area contributed by atoms with E-state index in [0.717, 1.165) is 37.3 Å². The van der Waals surface area contributed by atoms with E-state index in [9.17, 15) is 0 Å². The Labute approximate surface area is 116 Å². The maximum atomic E-state index is 8.99. The van der Waals surface area contributed by atoms with Crippen LogP contribution in [0.2, 0.25) is 0 Å². The molecule has 7 N–H and O–H groups in total. The Balaban J connectivity index is 0.000000342. The number of aromatic hydroxyl groups is 1. The molecule has 0 atom stereocenters. The van der Waals surface area contributed by atoms with Crippen molar-refractivity contribution in [3.05, 3.63) is 29.3 Å². The van der Waals surface area contributed by atoms with Crippen molar-refractivity contribution in [3.8, 4) is 5.75 Å². The second kappa shape index (κ2) is 11.9. The summed E-state index contributed by atoms with van der Waals surface area (Å²) in [6.45, 7) is 9.07. The predicted molar refractivity (Wildman–Crippen MR) is 81.4 cm³/mol. The van der Waals surface area contributed by atoms with E-state index in [1.807, 2.05) is 19.9 Å². The number of rotatable bonds is 7. The number of hydrogen-bond acceptors (Lipinski definition) is 5. The number of phenolic OH excluding ortho intramolecular Hbond substituents is 1. The summed E-state index contributed by atoms with van der Waals surface area (Å²) < 4.78 is 0. The van der Waals surface area contributed by atoms with E-state index in [2.05, 4.69) is 10.6 Å². The molecule has 1 aromatic rings. The number of aryl methyl sites for hydroxylation is 2. The summed E-state index contributed by atoms with van der Waals surface area (Å²) in [4.78, 5) is 0. The Bertz CT molecular complexity index is 273. The first kappa shape index (κ1) is 17.9. The maximum absolute atomic E-state index is 8.99. The van der Waals surface area contributed by atoms with Gasteiger partial charge in [-0.2, -0.15) is 0 Å². The van der Waals surface area contributed by atoms with Gasteiger partial charge in [-0.25, -0.2) is 0 Å². The van der Waals surface area contributed by atoms with Gasteiger partial charge in [-0.1, -0.05) is 6.07 Å². The quantitative estimate of drug-likeness (QED) is 0.452. The second-order valence-electron chi connectivity index (χ2n) is 4.42. The summed E-state index contributed by atoms with van der Waals surface area (Å²) in [5, 5.41) is 15.3. The molecule has 0 heterocycles. The van der Waals surface area contributed by atoms with Gasteiger partial charge in [0.05, 0.1) is 0 Å². The van der Waals surface area contributed by atoms with Gasteiger partial charge in [0.1, 0.15) is 5.75 Å². The normalized spacial score (nSPS) is 9.89. The smallest absolute Gasteiger partial charge is 0.116 e. The Hall–Kier alpha value is -1.14. The van der Waals surface area contributed by atoms with Crippen LogP contribution < -0.4 is 22.1 Å². The van der Waals surface area contributed by atoms with Crippen LogP contribution in [-0.4, -0.2) is 44.4 Å². The van der Waals surface area contributed by atoms with Gasteiger partial charge in [-0.15, -0.1) is 0 Å². The average molecular weight is 268 g/mol. The highest BCUT2D eigenvalue weighted by Crippen LogP contribution is 2.13. The number of hydrogen-bond donors (Lipinski definition) is 5. The molecule has 0 spiro atoms. The van der Waals surface area contributed by atoms with Gasteiger partial charge in [0.25, 0.3) is 0 Å². The molecule has 0 saturated heterocycles. The fourth-order valence-electron chi connectivity index (χ4n) is 1.58. The summed E-state index contributed by atoms with van der Waals surface area (Å²) >= 11 is 0. The monoisotopic (exact) mass is 268 g/mol. The fraction of sp³-hybridized carbons (Fsp3) is 0.571. The Morgan fingerprint density at radius 1 is 0.842 bits per heavy atom. The van der Waals surface area contributed by atoms with Crippen LogP contribution in [0.5, 0.6) is 5.75 Å². The van der Waals surface area contributed by atoms with Crippen LogP contribution in [0.1, 0.15) is 11.1 Å². The lowest BCUT2D eigenvalue weighted by Gasteiger charge is -2.03. The maximum Gasteiger partial charge on any atom is 0.116 e. The molecule has 0 amide bonds. The summed E-state index contributed by atoms with van der Waals surface area (Å²) in [7, 11) is 0. The molecule has 0 unspecified atom stereocenters. The summed E-state index contributed by atoms with van der Waals surface area (Å²) in [6.07, 6.45) is 0. The second-order valence-corrected chi connectivity index (χ2v) is 4.42. The molecule has 110 valence electrons. The Kier molecular flexibility index (Phi) is 11.2. The molecule has 0 aliphatic heterocycles. The number of phenols is 1. The molecule has 1 aromatic carbocycles. The molecule has 0 aromatic heterocycles. The number of nitrogens with two attached hydrogens (primary N) is 2. The molecular formula is C14H28N4O. The average Bonchev–Trinajstić information content (AvgIpc) is 2.33. The van der Waals surface area contributed by atoms with Crippen LogP contribution in [0.25, 0.3) is 0 Å². The number of benzene rings is 1. The van der Waals surface area contributed by atoms with Gasteiger partial charge in [-0.3, -0.25) is 0 Å². The SMILES string of the molecule is Cc1cc(C)cc(O)c1.NCCNCCNCCN. The van der Waals surface area contributed by atoms with Gasteiger partial charge in [0, 0.05) is 39.3 Å². The van der Waals surface area contributed by atoms with E-state index in [0.29, 0.717) is 18.8 Å². The molecule has 0 saturated carbocycles. The van der Waals surface area contributed by atoms with Gasteiger partial charge in [0.2, 0.25) is 0 Å². The molecule has 5 heteroatoms. The van der Waals surface area contributed by atoms with Crippen molar-refractivity contribution in [2.75, 3.05) is 39.3 Å². The van der Waals surface area contributed by atoms with Crippen LogP contribution >= 0.6 is 0 Å². The van der Waals surface area contributed by atoms with Crippen LogP contribution in [0.15, 0.2) is 18.2 Å². The summed E-state index contributed by atoms with van der Waals surface area (Å²) in [5.41, 5.74) is 12.7. The van der Waals surface area contributed by atoms with Crippen molar-refractivity contribution in [2.24, 2.45) is 11.5 Å². The predicted octanol–water partition coefficient (Wildman–Crippen LogP) is 0.0920. The molecule has 19 heavy (non-hydrogen) atoms. The third kappa shape index (κ3) is 11.7. The van der Waals surface area contributed by atoms with Crippen LogP contribution in [0, 0.1) is 13.8 Å². The molecular weight excluding hydrogens is 240 g/mol. The van der Waals surface area contributed by atoms with Gasteiger partial charge in [0.15, 0.2) is 0 Å². The van der Waals surface area contributed by atoms with E-state index in [1.165, 1.54) is 0 Å². The first-order valence-electron chi connectivity index (χ1n) is 6.69. The zero-order valence-corrected chi connectivity index (χ0v) is 12.1. The van der Waals surface area contributed by atoms with Gasteiger partial charge >= 0.3 is 0 Å². The molecule has 0 aliphatic carbocycles. The minimum Gasteiger partial charge on any atom is -0.508 e. The first-order chi connectivity index (χ1) is 9.10. The van der Waals surface area contributed by atoms with Crippen LogP contribution in [-0.2, 0) is 0 Å². The molecule has 5 nitrogen and oxygen atoms in total. The topological polar surface area (TPSA) is 96.3 Å². The van der Waals surface area contributed by atoms with Crippen molar-refractivity contribution in [2.45, 2.75) is 13.8 Å². The Morgan fingerprint density at radius 2 is 1.26 bits per heavy atom. The van der Waals surface area contributed by atoms with E-state index in [4.69, 9.17) is 16.6 Å². The van der Waals surface area contributed by atoms with Crippen LogP contribution in [0.4, 0.5) is 0 Å². The van der Waals surface area contributed by atoms with Crippen LogP contribution in [0.3, 0.4) is 0 Å². The number of nitrogens with one attached hydrogen (secondary N) is 2.